The van der Waals surface area contributed by atoms with Gasteiger partial charge in [0.05, 0.1) is 11.5 Å². The lowest BCUT2D eigenvalue weighted by Crippen LogP contribution is -2.06. The van der Waals surface area contributed by atoms with Crippen LogP contribution in [0.1, 0.15) is 31.0 Å². The Morgan fingerprint density at radius 2 is 2.00 bits per heavy atom. The van der Waals surface area contributed by atoms with Crippen LogP contribution < -0.4 is 0 Å². The maximum atomic E-state index is 12.4. The molecule has 0 unspecified atom stereocenters. The predicted octanol–water partition coefficient (Wildman–Crippen LogP) is 2.92. The smallest absolute Gasteiger partial charge is 0.417 e. The second-order valence-corrected chi connectivity index (χ2v) is 5.08. The van der Waals surface area contributed by atoms with E-state index in [1.165, 1.54) is 6.07 Å². The van der Waals surface area contributed by atoms with E-state index in [4.69, 9.17) is 5.11 Å². The van der Waals surface area contributed by atoms with Gasteiger partial charge in [0.15, 0.2) is 0 Å². The van der Waals surface area contributed by atoms with Crippen LogP contribution in [0.25, 0.3) is 0 Å². The van der Waals surface area contributed by atoms with Crippen molar-refractivity contribution in [2.45, 2.75) is 25.9 Å². The van der Waals surface area contributed by atoms with Crippen molar-refractivity contribution in [1.82, 2.24) is 4.98 Å². The van der Waals surface area contributed by atoms with Gasteiger partial charge in [-0.05, 0) is 17.5 Å². The highest BCUT2D eigenvalue weighted by Crippen LogP contribution is 2.64. The van der Waals surface area contributed by atoms with Crippen LogP contribution in [0, 0.1) is 11.3 Å². The van der Waals surface area contributed by atoms with Crippen LogP contribution in [-0.2, 0) is 11.0 Å². The number of hydrogen-bond donors (Lipinski definition) is 1. The first-order valence-electron chi connectivity index (χ1n) is 5.41. The Labute approximate surface area is 102 Å². The molecule has 1 aliphatic rings. The molecule has 0 bridgehead atoms. The van der Waals surface area contributed by atoms with Gasteiger partial charge in [-0.25, -0.2) is 0 Å². The SMILES string of the molecule is CC1(C)[C@H](C(=O)O)[C@H]1c1ccc(C(F)(F)F)cn1. The number of hydrogen-bond acceptors (Lipinski definition) is 2. The summed E-state index contributed by atoms with van der Waals surface area (Å²) in [5, 5.41) is 9.00. The van der Waals surface area contributed by atoms with Crippen molar-refractivity contribution in [2.75, 3.05) is 0 Å². The van der Waals surface area contributed by atoms with Crippen molar-refractivity contribution >= 4 is 5.97 Å². The van der Waals surface area contributed by atoms with Gasteiger partial charge in [-0.15, -0.1) is 0 Å². The first kappa shape index (κ1) is 12.9. The standard InChI is InChI=1S/C12H12F3NO2/c1-11(2)8(9(11)10(17)18)7-4-3-6(5-16-7)12(13,14)15/h3-5,8-9H,1-2H3,(H,17,18)/t8-,9+/m1/s1. The summed E-state index contributed by atoms with van der Waals surface area (Å²) in [5.41, 5.74) is -0.879. The van der Waals surface area contributed by atoms with Crippen LogP contribution in [0.4, 0.5) is 13.2 Å². The molecule has 1 aromatic rings. The first-order chi connectivity index (χ1) is 8.15. The maximum Gasteiger partial charge on any atom is 0.417 e. The summed E-state index contributed by atoms with van der Waals surface area (Å²) >= 11 is 0. The fourth-order valence-electron chi connectivity index (χ4n) is 2.41. The molecule has 18 heavy (non-hydrogen) atoms. The molecule has 0 amide bonds. The highest BCUT2D eigenvalue weighted by molar-refractivity contribution is 5.77. The van der Waals surface area contributed by atoms with E-state index in [2.05, 4.69) is 4.98 Å². The van der Waals surface area contributed by atoms with Gasteiger partial charge in [0.25, 0.3) is 0 Å². The predicted molar refractivity (Wildman–Crippen MR) is 56.9 cm³/mol. The number of carboxylic acid groups (broad SMARTS) is 1. The average molecular weight is 259 g/mol. The molecule has 1 saturated carbocycles. The monoisotopic (exact) mass is 259 g/mol. The third kappa shape index (κ3) is 1.95. The number of aliphatic carboxylic acids is 1. The topological polar surface area (TPSA) is 50.2 Å². The Kier molecular flexibility index (Phi) is 2.64. The van der Waals surface area contributed by atoms with Gasteiger partial charge >= 0.3 is 12.1 Å². The minimum absolute atomic E-state index is 0.322. The second kappa shape index (κ2) is 3.70. The zero-order valence-electron chi connectivity index (χ0n) is 9.82. The molecule has 2 rings (SSSR count). The Balaban J connectivity index is 2.25. The van der Waals surface area contributed by atoms with Crippen LogP contribution in [0.3, 0.4) is 0 Å². The summed E-state index contributed by atoms with van der Waals surface area (Å²) < 4.78 is 37.1. The second-order valence-electron chi connectivity index (χ2n) is 5.08. The number of nitrogens with zero attached hydrogens (tertiary/aromatic N) is 1. The van der Waals surface area contributed by atoms with Crippen molar-refractivity contribution in [2.24, 2.45) is 11.3 Å². The quantitative estimate of drug-likeness (QED) is 0.888. The van der Waals surface area contributed by atoms with Gasteiger partial charge < -0.3 is 5.11 Å². The first-order valence-corrected chi connectivity index (χ1v) is 5.41. The molecule has 1 N–H and O–H groups in total. The van der Waals surface area contributed by atoms with E-state index < -0.39 is 29.0 Å². The minimum Gasteiger partial charge on any atom is -0.481 e. The van der Waals surface area contributed by atoms with E-state index in [0.29, 0.717) is 5.69 Å². The minimum atomic E-state index is -4.42. The zero-order chi connectivity index (χ0) is 13.7. The number of carbonyl (C=O) groups is 1. The summed E-state index contributed by atoms with van der Waals surface area (Å²) in [5.74, 6) is -1.84. The van der Waals surface area contributed by atoms with Crippen molar-refractivity contribution in [3.8, 4) is 0 Å². The van der Waals surface area contributed by atoms with Gasteiger partial charge in [-0.2, -0.15) is 13.2 Å². The summed E-state index contributed by atoms with van der Waals surface area (Å²) in [6, 6.07) is 2.20. The van der Waals surface area contributed by atoms with Crippen molar-refractivity contribution in [1.29, 1.82) is 0 Å². The summed E-state index contributed by atoms with van der Waals surface area (Å²) in [4.78, 5) is 14.7. The molecular formula is C12H12F3NO2. The molecule has 6 heteroatoms. The zero-order valence-corrected chi connectivity index (χ0v) is 9.82. The molecule has 98 valence electrons. The average Bonchev–Trinajstić information content (AvgIpc) is 2.80. The summed E-state index contributed by atoms with van der Waals surface area (Å²) in [6.45, 7) is 3.55. The van der Waals surface area contributed by atoms with E-state index in [1.807, 2.05) is 0 Å². The van der Waals surface area contributed by atoms with Gasteiger partial charge in [0.2, 0.25) is 0 Å². The van der Waals surface area contributed by atoms with Crippen LogP contribution in [0.5, 0.6) is 0 Å². The number of carboxylic acids is 1. The Morgan fingerprint density at radius 1 is 1.39 bits per heavy atom. The van der Waals surface area contributed by atoms with Crippen LogP contribution in [0.2, 0.25) is 0 Å². The molecule has 1 aliphatic carbocycles. The molecular weight excluding hydrogens is 247 g/mol. The van der Waals surface area contributed by atoms with E-state index in [1.54, 1.807) is 13.8 Å². The van der Waals surface area contributed by atoms with E-state index in [0.717, 1.165) is 12.3 Å². The van der Waals surface area contributed by atoms with Gasteiger partial charge in [-0.1, -0.05) is 13.8 Å². The largest absolute Gasteiger partial charge is 0.481 e. The maximum absolute atomic E-state index is 12.4. The third-order valence-corrected chi connectivity index (χ3v) is 3.53. The lowest BCUT2D eigenvalue weighted by atomic mass is 10.1. The van der Waals surface area contributed by atoms with Crippen molar-refractivity contribution < 1.29 is 23.1 Å². The number of rotatable bonds is 2. The highest BCUT2D eigenvalue weighted by atomic mass is 19.4. The molecule has 0 aliphatic heterocycles. The lowest BCUT2D eigenvalue weighted by Gasteiger charge is -2.07. The van der Waals surface area contributed by atoms with Gasteiger partial charge in [-0.3, -0.25) is 9.78 Å². The van der Waals surface area contributed by atoms with Gasteiger partial charge in [0, 0.05) is 17.8 Å². The fraction of sp³-hybridized carbons (Fsp3) is 0.500. The normalized spacial score (nSPS) is 25.8. The third-order valence-electron chi connectivity index (χ3n) is 3.53. The number of alkyl halides is 3. The van der Waals surface area contributed by atoms with Crippen LogP contribution in [-0.4, -0.2) is 16.1 Å². The van der Waals surface area contributed by atoms with E-state index >= 15 is 0 Å². The molecule has 1 aromatic heterocycles. The molecule has 2 atom stereocenters. The molecule has 1 fully saturated rings. The molecule has 1 heterocycles. The van der Waals surface area contributed by atoms with E-state index in [9.17, 15) is 18.0 Å². The highest BCUT2D eigenvalue weighted by Gasteiger charge is 2.63. The van der Waals surface area contributed by atoms with Crippen LogP contribution in [0.15, 0.2) is 18.3 Å². The Hall–Kier alpha value is -1.59. The summed E-state index contributed by atoms with van der Waals surface area (Å²) in [6.07, 6.45) is -3.67. The number of halogens is 3. The molecule has 0 aromatic carbocycles. The summed E-state index contributed by atoms with van der Waals surface area (Å²) in [7, 11) is 0. The fourth-order valence-corrected chi connectivity index (χ4v) is 2.41. The van der Waals surface area contributed by atoms with Crippen LogP contribution >= 0.6 is 0 Å². The lowest BCUT2D eigenvalue weighted by molar-refractivity contribution is -0.139. The van der Waals surface area contributed by atoms with Crippen molar-refractivity contribution in [3.05, 3.63) is 29.6 Å². The number of aromatic nitrogens is 1. The van der Waals surface area contributed by atoms with E-state index in [-0.39, 0.29) is 5.92 Å². The molecule has 0 spiro atoms. The Bertz CT molecular complexity index is 479. The van der Waals surface area contributed by atoms with Gasteiger partial charge in [0.1, 0.15) is 0 Å². The molecule has 0 radical (unpaired) electrons. The molecule has 3 nitrogen and oxygen atoms in total. The number of pyridine rings is 1. The Morgan fingerprint density at radius 3 is 2.33 bits per heavy atom. The van der Waals surface area contributed by atoms with Crippen molar-refractivity contribution in [3.63, 3.8) is 0 Å². The molecule has 0 saturated heterocycles.